The molecule has 5 nitrogen and oxygen atoms in total. The average molecular weight is 414 g/mol. The predicted octanol–water partition coefficient (Wildman–Crippen LogP) is 5.91. The topological polar surface area (TPSA) is 82.0 Å². The molecule has 0 aliphatic rings. The number of nitrogen functional groups attached to an aromatic ring is 1. The van der Waals surface area contributed by atoms with Gasteiger partial charge in [-0.3, -0.25) is 4.98 Å². The van der Waals surface area contributed by atoms with E-state index in [0.29, 0.717) is 21.8 Å². The van der Waals surface area contributed by atoms with Gasteiger partial charge in [-0.05, 0) is 31.4 Å². The lowest BCUT2D eigenvalue weighted by Crippen LogP contribution is -2.05. The first-order valence-corrected chi connectivity index (χ1v) is 11.7. The van der Waals surface area contributed by atoms with Crippen LogP contribution >= 0.6 is 11.3 Å². The van der Waals surface area contributed by atoms with Crippen molar-refractivity contribution in [3.05, 3.63) is 51.8 Å². The van der Waals surface area contributed by atoms with E-state index in [9.17, 15) is 4.79 Å². The average Bonchev–Trinajstić information content (AvgIpc) is 3.11. The molecule has 0 fully saturated rings. The van der Waals surface area contributed by atoms with Crippen LogP contribution in [0.15, 0.2) is 39.0 Å². The molecular weight excluding hydrogens is 382 g/mol. The summed E-state index contributed by atoms with van der Waals surface area (Å²) in [4.78, 5) is 21.5. The lowest BCUT2D eigenvalue weighted by Gasteiger charge is -2.03. The predicted molar refractivity (Wildman–Crippen MR) is 120 cm³/mol. The van der Waals surface area contributed by atoms with Gasteiger partial charge in [0, 0.05) is 23.7 Å². The molecule has 156 valence electrons. The maximum absolute atomic E-state index is 12.0. The van der Waals surface area contributed by atoms with Crippen molar-refractivity contribution in [2.75, 3.05) is 5.73 Å². The van der Waals surface area contributed by atoms with Crippen LogP contribution in [0.1, 0.15) is 75.8 Å². The van der Waals surface area contributed by atoms with E-state index in [1.54, 1.807) is 5.38 Å². The first kappa shape index (κ1) is 21.5. The minimum absolute atomic E-state index is 0.358. The van der Waals surface area contributed by atoms with E-state index in [0.717, 1.165) is 25.7 Å². The van der Waals surface area contributed by atoms with E-state index in [1.165, 1.54) is 68.4 Å². The number of nitrogens with zero attached hydrogens (tertiary/aromatic N) is 2. The summed E-state index contributed by atoms with van der Waals surface area (Å²) in [5.74, 6) is 0.537. The smallest absolute Gasteiger partial charge is 0.349 e. The molecule has 0 saturated heterocycles. The van der Waals surface area contributed by atoms with Gasteiger partial charge >= 0.3 is 5.63 Å². The molecule has 6 heteroatoms. The summed E-state index contributed by atoms with van der Waals surface area (Å²) in [6.07, 6.45) is 16.2. The summed E-state index contributed by atoms with van der Waals surface area (Å²) in [7, 11) is 0. The van der Waals surface area contributed by atoms with Crippen LogP contribution in [0.3, 0.4) is 0 Å². The van der Waals surface area contributed by atoms with Gasteiger partial charge in [0.1, 0.15) is 10.2 Å². The zero-order valence-electron chi connectivity index (χ0n) is 17.1. The van der Waals surface area contributed by atoms with Gasteiger partial charge < -0.3 is 10.2 Å². The Hall–Kier alpha value is -2.21. The second-order valence-electron chi connectivity index (χ2n) is 7.62. The molecule has 3 heterocycles. The summed E-state index contributed by atoms with van der Waals surface area (Å²) in [5, 5.41) is 2.18. The van der Waals surface area contributed by atoms with Crippen molar-refractivity contribution in [3.63, 3.8) is 0 Å². The molecule has 0 spiro atoms. The van der Waals surface area contributed by atoms with E-state index in [1.807, 2.05) is 12.3 Å². The van der Waals surface area contributed by atoms with E-state index >= 15 is 0 Å². The molecule has 3 rings (SSSR count). The summed E-state index contributed by atoms with van der Waals surface area (Å²) < 4.78 is 5.31. The Balaban J connectivity index is 1.18. The van der Waals surface area contributed by atoms with Gasteiger partial charge in [0.2, 0.25) is 0 Å². The highest BCUT2D eigenvalue weighted by Crippen LogP contribution is 2.23. The van der Waals surface area contributed by atoms with Gasteiger partial charge in [0.05, 0.1) is 5.69 Å². The van der Waals surface area contributed by atoms with Crippen molar-refractivity contribution in [2.24, 2.45) is 0 Å². The van der Waals surface area contributed by atoms with Crippen molar-refractivity contribution in [3.8, 4) is 0 Å². The molecule has 2 N–H and O–H groups in total. The highest BCUT2D eigenvalue weighted by atomic mass is 32.1. The van der Waals surface area contributed by atoms with E-state index in [-0.39, 0.29) is 5.63 Å². The number of nitrogens with two attached hydrogens (primary N) is 1. The molecule has 0 bridgehead atoms. The lowest BCUT2D eigenvalue weighted by molar-refractivity contribution is 0.433. The summed E-state index contributed by atoms with van der Waals surface area (Å²) in [5.41, 5.74) is 7.09. The number of fused-ring (bicyclic) bond motifs is 1. The van der Waals surface area contributed by atoms with Crippen LogP contribution < -0.4 is 11.4 Å². The highest BCUT2D eigenvalue weighted by Gasteiger charge is 2.10. The monoisotopic (exact) mass is 413 g/mol. The van der Waals surface area contributed by atoms with Crippen molar-refractivity contribution in [1.82, 2.24) is 9.97 Å². The third-order valence-corrected chi connectivity index (χ3v) is 6.13. The molecule has 0 saturated carbocycles. The Bertz CT molecular complexity index is 921. The number of thiophene rings is 1. The zero-order chi connectivity index (χ0) is 20.3. The number of unbranched alkanes of at least 4 members (excludes halogenated alkanes) is 9. The van der Waals surface area contributed by atoms with Gasteiger partial charge in [-0.25, -0.2) is 9.78 Å². The number of rotatable bonds is 13. The number of aromatic nitrogens is 2. The van der Waals surface area contributed by atoms with Crippen LogP contribution in [0, 0.1) is 0 Å². The molecule has 3 aromatic heterocycles. The largest absolute Gasteiger partial charge is 0.408 e. The van der Waals surface area contributed by atoms with Gasteiger partial charge in [-0.1, -0.05) is 57.4 Å². The molecule has 0 radical (unpaired) electrons. The lowest BCUT2D eigenvalue weighted by atomic mass is 10.0. The fourth-order valence-corrected chi connectivity index (χ4v) is 4.42. The van der Waals surface area contributed by atoms with E-state index < -0.39 is 0 Å². The Morgan fingerprint density at radius 3 is 2.21 bits per heavy atom. The molecule has 0 atom stereocenters. The summed E-state index contributed by atoms with van der Waals surface area (Å²) in [6.45, 7) is 0. The Morgan fingerprint density at radius 1 is 0.897 bits per heavy atom. The third kappa shape index (κ3) is 6.96. The normalized spacial score (nSPS) is 11.3. The van der Waals surface area contributed by atoms with Gasteiger partial charge in [-0.2, -0.15) is 0 Å². The molecule has 0 amide bonds. The number of aryl methyl sites for hydroxylation is 2. The molecule has 0 aliphatic carbocycles. The maximum atomic E-state index is 12.0. The van der Waals surface area contributed by atoms with Crippen LogP contribution in [0.25, 0.3) is 10.2 Å². The third-order valence-electron chi connectivity index (χ3n) is 5.24. The van der Waals surface area contributed by atoms with Gasteiger partial charge in [0.25, 0.3) is 0 Å². The van der Waals surface area contributed by atoms with Crippen molar-refractivity contribution < 1.29 is 4.42 Å². The second kappa shape index (κ2) is 11.7. The zero-order valence-corrected chi connectivity index (χ0v) is 17.9. The number of pyridine rings is 1. The maximum Gasteiger partial charge on any atom is 0.349 e. The Kier molecular flexibility index (Phi) is 8.68. The molecule has 3 aromatic rings. The van der Waals surface area contributed by atoms with E-state index in [4.69, 9.17) is 10.2 Å². The summed E-state index contributed by atoms with van der Waals surface area (Å²) in [6, 6.07) is 6.14. The SMILES string of the molecule is Nc1csc2nc(CCCCCCCCCCCCc3ccccn3)oc(=O)c12. The first-order chi connectivity index (χ1) is 14.2. The van der Waals surface area contributed by atoms with Crippen LogP contribution in [0.2, 0.25) is 0 Å². The number of hydrogen-bond acceptors (Lipinski definition) is 6. The minimum atomic E-state index is -0.358. The van der Waals surface area contributed by atoms with Crippen molar-refractivity contribution in [1.29, 1.82) is 0 Å². The van der Waals surface area contributed by atoms with Crippen LogP contribution in [-0.4, -0.2) is 9.97 Å². The van der Waals surface area contributed by atoms with Crippen LogP contribution in [-0.2, 0) is 12.8 Å². The molecule has 0 aliphatic heterocycles. The first-order valence-electron chi connectivity index (χ1n) is 10.8. The molecule has 0 unspecified atom stereocenters. The van der Waals surface area contributed by atoms with E-state index in [2.05, 4.69) is 22.1 Å². The van der Waals surface area contributed by atoms with Gasteiger partial charge in [0.15, 0.2) is 5.89 Å². The standard InChI is InChI=1S/C23H31N3O2S/c24-19-17-29-22-21(19)23(27)28-20(26-22)15-10-8-6-4-2-1-3-5-7-9-13-18-14-11-12-16-25-18/h11-12,14,16-17H,1-10,13,15,24H2. The fraction of sp³-hybridized carbons (Fsp3) is 0.522. The quantitative estimate of drug-likeness (QED) is 0.352. The Labute approximate surface area is 176 Å². The minimum Gasteiger partial charge on any atom is -0.408 e. The number of anilines is 1. The summed E-state index contributed by atoms with van der Waals surface area (Å²) >= 11 is 1.40. The van der Waals surface area contributed by atoms with Crippen LogP contribution in [0.4, 0.5) is 5.69 Å². The van der Waals surface area contributed by atoms with Gasteiger partial charge in [-0.15, -0.1) is 11.3 Å². The molecule has 29 heavy (non-hydrogen) atoms. The molecule has 0 aromatic carbocycles. The Morgan fingerprint density at radius 2 is 1.55 bits per heavy atom. The fourth-order valence-electron chi connectivity index (χ4n) is 3.59. The number of hydrogen-bond donors (Lipinski definition) is 1. The van der Waals surface area contributed by atoms with Crippen molar-refractivity contribution >= 4 is 27.2 Å². The highest BCUT2D eigenvalue weighted by molar-refractivity contribution is 7.17. The second-order valence-corrected chi connectivity index (χ2v) is 8.48. The molecular formula is C23H31N3O2S. The van der Waals surface area contributed by atoms with Crippen molar-refractivity contribution in [2.45, 2.75) is 77.0 Å². The van der Waals surface area contributed by atoms with Crippen LogP contribution in [0.5, 0.6) is 0 Å².